The second-order valence-corrected chi connectivity index (χ2v) is 6.39. The summed E-state index contributed by atoms with van der Waals surface area (Å²) in [4.78, 5) is 25.4. The van der Waals surface area contributed by atoms with Crippen molar-refractivity contribution in [2.45, 2.75) is 19.8 Å². The lowest BCUT2D eigenvalue weighted by molar-refractivity contribution is -0.142. The number of fused-ring (bicyclic) bond motifs is 1. The van der Waals surface area contributed by atoms with Gasteiger partial charge >= 0.3 is 0 Å². The predicted molar refractivity (Wildman–Crippen MR) is 97.6 cm³/mol. The molecule has 0 aromatic heterocycles. The topological polar surface area (TPSA) is 58.6 Å². The second-order valence-electron chi connectivity index (χ2n) is 6.39. The van der Waals surface area contributed by atoms with Crippen molar-refractivity contribution < 1.29 is 14.3 Å². The van der Waals surface area contributed by atoms with Crippen LogP contribution in [0.2, 0.25) is 0 Å². The van der Waals surface area contributed by atoms with E-state index in [-0.39, 0.29) is 17.7 Å². The Morgan fingerprint density at radius 1 is 1.24 bits per heavy atom. The fourth-order valence-corrected chi connectivity index (χ4v) is 3.20. The number of benzene rings is 2. The highest BCUT2D eigenvalue weighted by atomic mass is 16.5. The first-order valence-electron chi connectivity index (χ1n) is 8.73. The Labute approximate surface area is 148 Å². The van der Waals surface area contributed by atoms with Crippen LogP contribution in [0.1, 0.15) is 18.9 Å². The van der Waals surface area contributed by atoms with Gasteiger partial charge in [-0.1, -0.05) is 31.2 Å². The average molecular weight is 340 g/mol. The van der Waals surface area contributed by atoms with Gasteiger partial charge in [0.15, 0.2) is 0 Å². The van der Waals surface area contributed by atoms with Gasteiger partial charge in [0.1, 0.15) is 5.75 Å². The monoisotopic (exact) mass is 340 g/mol. The molecule has 2 amide bonds. The molecule has 1 N–H and O–H groups in total. The fraction of sp³-hybridized carbons (Fsp3) is 0.400. The van der Waals surface area contributed by atoms with E-state index >= 15 is 0 Å². The van der Waals surface area contributed by atoms with Crippen LogP contribution in [0, 0.1) is 5.92 Å². The summed E-state index contributed by atoms with van der Waals surface area (Å²) in [5.41, 5.74) is 1.19. The van der Waals surface area contributed by atoms with Gasteiger partial charge in [-0.05, 0) is 34.9 Å². The summed E-state index contributed by atoms with van der Waals surface area (Å²) in [6.07, 6.45) is 1.26. The Hall–Kier alpha value is -2.56. The van der Waals surface area contributed by atoms with Gasteiger partial charge in [0.2, 0.25) is 11.8 Å². The summed E-state index contributed by atoms with van der Waals surface area (Å²) in [6, 6.07) is 12.2. The van der Waals surface area contributed by atoms with E-state index in [9.17, 15) is 9.59 Å². The van der Waals surface area contributed by atoms with E-state index in [0.717, 1.165) is 22.9 Å². The fourth-order valence-electron chi connectivity index (χ4n) is 3.20. The number of amides is 2. The van der Waals surface area contributed by atoms with E-state index in [1.807, 2.05) is 31.2 Å². The van der Waals surface area contributed by atoms with E-state index in [1.165, 1.54) is 5.56 Å². The highest BCUT2D eigenvalue weighted by Crippen LogP contribution is 2.24. The van der Waals surface area contributed by atoms with E-state index in [0.29, 0.717) is 26.1 Å². The largest absolute Gasteiger partial charge is 0.497 e. The number of hydrogen-bond acceptors (Lipinski definition) is 3. The first-order valence-corrected chi connectivity index (χ1v) is 8.73. The van der Waals surface area contributed by atoms with Gasteiger partial charge in [0, 0.05) is 26.1 Å². The molecule has 1 aliphatic rings. The van der Waals surface area contributed by atoms with Crippen LogP contribution in [0.4, 0.5) is 0 Å². The SMILES string of the molecule is CCC(=O)N1CC(C(=O)NCCc2cccc3ccc(OC)cc23)C1. The molecule has 2 aromatic rings. The molecule has 0 aliphatic carbocycles. The van der Waals surface area contributed by atoms with Crippen molar-refractivity contribution >= 4 is 22.6 Å². The van der Waals surface area contributed by atoms with Crippen LogP contribution in [0.3, 0.4) is 0 Å². The number of rotatable bonds is 6. The van der Waals surface area contributed by atoms with Crippen molar-refractivity contribution in [2.24, 2.45) is 5.92 Å². The smallest absolute Gasteiger partial charge is 0.226 e. The minimum absolute atomic E-state index is 0.0398. The minimum atomic E-state index is -0.0666. The number of methoxy groups -OCH3 is 1. The number of carbonyl (C=O) groups excluding carboxylic acids is 2. The normalized spacial score (nSPS) is 14.2. The van der Waals surface area contributed by atoms with Crippen LogP contribution < -0.4 is 10.1 Å². The lowest BCUT2D eigenvalue weighted by Gasteiger charge is -2.38. The van der Waals surface area contributed by atoms with Gasteiger partial charge in [-0.25, -0.2) is 0 Å². The van der Waals surface area contributed by atoms with Gasteiger partial charge in [-0.2, -0.15) is 0 Å². The van der Waals surface area contributed by atoms with Crippen LogP contribution in [0.15, 0.2) is 36.4 Å². The zero-order valence-corrected chi connectivity index (χ0v) is 14.7. The van der Waals surface area contributed by atoms with Crippen molar-refractivity contribution in [3.05, 3.63) is 42.0 Å². The maximum absolute atomic E-state index is 12.2. The molecule has 0 unspecified atom stereocenters. The van der Waals surface area contributed by atoms with E-state index in [2.05, 4.69) is 17.4 Å². The predicted octanol–water partition coefficient (Wildman–Crippen LogP) is 2.38. The summed E-state index contributed by atoms with van der Waals surface area (Å²) in [6.45, 7) is 3.52. The Morgan fingerprint density at radius 3 is 2.76 bits per heavy atom. The highest BCUT2D eigenvalue weighted by Gasteiger charge is 2.34. The average Bonchev–Trinajstić information content (AvgIpc) is 2.60. The van der Waals surface area contributed by atoms with Crippen LogP contribution in [-0.2, 0) is 16.0 Å². The molecular formula is C20H24N2O3. The molecule has 0 atom stereocenters. The van der Waals surface area contributed by atoms with Gasteiger partial charge in [0.25, 0.3) is 0 Å². The van der Waals surface area contributed by atoms with Crippen molar-refractivity contribution in [3.8, 4) is 5.75 Å². The van der Waals surface area contributed by atoms with Crippen molar-refractivity contribution in [2.75, 3.05) is 26.7 Å². The molecule has 1 aliphatic heterocycles. The molecule has 5 heteroatoms. The Morgan fingerprint density at radius 2 is 2.04 bits per heavy atom. The first-order chi connectivity index (χ1) is 12.1. The van der Waals surface area contributed by atoms with Gasteiger partial charge in [0.05, 0.1) is 13.0 Å². The maximum Gasteiger partial charge on any atom is 0.226 e. The summed E-state index contributed by atoms with van der Waals surface area (Å²) in [5, 5.41) is 5.31. The number of nitrogens with one attached hydrogen (secondary N) is 1. The zero-order chi connectivity index (χ0) is 17.8. The maximum atomic E-state index is 12.2. The third-order valence-electron chi connectivity index (χ3n) is 4.78. The highest BCUT2D eigenvalue weighted by molar-refractivity contribution is 5.87. The molecule has 2 aromatic carbocycles. The number of ether oxygens (including phenoxy) is 1. The molecule has 0 saturated carbocycles. The van der Waals surface area contributed by atoms with Crippen LogP contribution in [0.25, 0.3) is 10.8 Å². The van der Waals surface area contributed by atoms with Crippen molar-refractivity contribution in [3.63, 3.8) is 0 Å². The van der Waals surface area contributed by atoms with Crippen molar-refractivity contribution in [1.82, 2.24) is 10.2 Å². The zero-order valence-electron chi connectivity index (χ0n) is 14.7. The lowest BCUT2D eigenvalue weighted by Crippen LogP contribution is -2.55. The van der Waals surface area contributed by atoms with Gasteiger partial charge in [-0.3, -0.25) is 9.59 Å². The van der Waals surface area contributed by atoms with Gasteiger partial charge < -0.3 is 15.0 Å². The number of likely N-dealkylation sites (tertiary alicyclic amines) is 1. The molecule has 3 rings (SSSR count). The molecule has 25 heavy (non-hydrogen) atoms. The molecule has 132 valence electrons. The van der Waals surface area contributed by atoms with E-state index in [4.69, 9.17) is 4.74 Å². The van der Waals surface area contributed by atoms with E-state index in [1.54, 1.807) is 12.0 Å². The van der Waals surface area contributed by atoms with Gasteiger partial charge in [-0.15, -0.1) is 0 Å². The Balaban J connectivity index is 1.55. The van der Waals surface area contributed by atoms with Crippen LogP contribution >= 0.6 is 0 Å². The number of hydrogen-bond donors (Lipinski definition) is 1. The summed E-state index contributed by atoms with van der Waals surface area (Å²) < 4.78 is 5.31. The summed E-state index contributed by atoms with van der Waals surface area (Å²) in [7, 11) is 1.66. The standard InChI is InChI=1S/C20H24N2O3/c1-3-19(23)22-12-16(13-22)20(24)21-10-9-15-6-4-5-14-7-8-17(25-2)11-18(14)15/h4-8,11,16H,3,9-10,12-13H2,1-2H3,(H,21,24). The van der Waals surface area contributed by atoms with Crippen LogP contribution in [0.5, 0.6) is 5.75 Å². The quantitative estimate of drug-likeness (QED) is 0.878. The number of carbonyl (C=O) groups is 2. The molecule has 0 spiro atoms. The molecule has 5 nitrogen and oxygen atoms in total. The summed E-state index contributed by atoms with van der Waals surface area (Å²) in [5.74, 6) is 0.925. The van der Waals surface area contributed by atoms with E-state index < -0.39 is 0 Å². The third-order valence-corrected chi connectivity index (χ3v) is 4.78. The molecule has 1 saturated heterocycles. The molecule has 0 radical (unpaired) electrons. The third kappa shape index (κ3) is 3.76. The lowest BCUT2D eigenvalue weighted by atomic mass is 9.98. The molecule has 0 bridgehead atoms. The molecular weight excluding hydrogens is 316 g/mol. The Bertz CT molecular complexity index is 782. The number of nitrogens with zero attached hydrogens (tertiary/aromatic N) is 1. The molecule has 1 heterocycles. The summed E-state index contributed by atoms with van der Waals surface area (Å²) >= 11 is 0. The second kappa shape index (κ2) is 7.55. The van der Waals surface area contributed by atoms with Crippen LogP contribution in [-0.4, -0.2) is 43.5 Å². The molecule has 1 fully saturated rings. The van der Waals surface area contributed by atoms with Crippen molar-refractivity contribution in [1.29, 1.82) is 0 Å². The minimum Gasteiger partial charge on any atom is -0.497 e. The Kier molecular flexibility index (Phi) is 5.22. The first kappa shape index (κ1) is 17.3.